The Morgan fingerprint density at radius 2 is 1.78 bits per heavy atom. The van der Waals surface area contributed by atoms with Crippen molar-refractivity contribution in [1.82, 2.24) is 15.1 Å². The van der Waals surface area contributed by atoms with E-state index in [9.17, 15) is 24.0 Å². The van der Waals surface area contributed by atoms with E-state index in [1.807, 2.05) is 0 Å². The topological polar surface area (TPSA) is 135 Å². The van der Waals surface area contributed by atoms with E-state index in [1.54, 1.807) is 18.2 Å². The number of rotatable bonds is 5. The minimum absolute atomic E-state index is 0.0927. The lowest BCUT2D eigenvalue weighted by atomic mass is 9.94. The Balaban J connectivity index is 1.26. The van der Waals surface area contributed by atoms with Crippen molar-refractivity contribution in [1.29, 1.82) is 0 Å². The summed E-state index contributed by atoms with van der Waals surface area (Å²) in [5.74, 6) is -4.99. The lowest BCUT2D eigenvalue weighted by molar-refractivity contribution is -0.139. The van der Waals surface area contributed by atoms with Crippen LogP contribution in [0.1, 0.15) is 66.2 Å². The molecule has 4 aliphatic rings. The Hall–Kier alpha value is -5.59. The van der Waals surface area contributed by atoms with Crippen molar-refractivity contribution in [2.24, 2.45) is 0 Å². The van der Waals surface area contributed by atoms with Gasteiger partial charge in [0.05, 0.1) is 30.3 Å². The van der Waals surface area contributed by atoms with Crippen LogP contribution in [0.2, 0.25) is 0 Å². The summed E-state index contributed by atoms with van der Waals surface area (Å²) in [7, 11) is 1.26. The highest BCUT2D eigenvalue weighted by atomic mass is 19.1. The number of furan rings is 1. The fourth-order valence-electron chi connectivity index (χ4n) is 6.73. The SMILES string of the molecule is COc1ccc2c(c1F)C(=O)N(C[C@@]1(c3cc4cc5c(c(F)c4o3)C(=O)CC5)NC(=O)N(C3OC(=O)c4ccccc43)C1=O)C2. The summed E-state index contributed by atoms with van der Waals surface area (Å²) in [6.45, 7) is -0.676. The van der Waals surface area contributed by atoms with E-state index in [-0.39, 0.29) is 63.5 Å². The van der Waals surface area contributed by atoms with Gasteiger partial charge in [-0.3, -0.25) is 14.4 Å². The summed E-state index contributed by atoms with van der Waals surface area (Å²) >= 11 is 0. The summed E-state index contributed by atoms with van der Waals surface area (Å²) in [5.41, 5.74) is -1.55. The van der Waals surface area contributed by atoms with Gasteiger partial charge in [0, 0.05) is 23.9 Å². The molecule has 226 valence electrons. The number of esters is 1. The number of ketones is 1. The standard InChI is InChI=1S/C32H21F2N3O8/c1-43-20-9-7-15-12-36(27(39)23(15)24(20)33)13-32(21-11-16-10-14-6-8-19(38)22(14)25(34)26(16)44-21)30(41)37(31(42)35-32)28-17-4-2-3-5-18(17)29(40)45-28/h2-5,7,9-11,28H,6,8,12-13H2,1H3,(H,35,42)/t28?,32-/m0/s1. The highest BCUT2D eigenvalue weighted by Crippen LogP contribution is 2.43. The van der Waals surface area contributed by atoms with E-state index in [1.165, 1.54) is 37.4 Å². The number of fused-ring (bicyclic) bond motifs is 4. The number of carbonyl (C=O) groups excluding carboxylic acids is 5. The summed E-state index contributed by atoms with van der Waals surface area (Å²) in [5, 5.41) is 2.85. The Labute approximate surface area is 252 Å². The third-order valence-corrected chi connectivity index (χ3v) is 8.88. The summed E-state index contributed by atoms with van der Waals surface area (Å²) < 4.78 is 47.2. The molecule has 1 unspecified atom stereocenters. The van der Waals surface area contributed by atoms with E-state index in [2.05, 4.69) is 5.32 Å². The first-order valence-electron chi connectivity index (χ1n) is 14.0. The van der Waals surface area contributed by atoms with Gasteiger partial charge in [-0.15, -0.1) is 0 Å². The molecule has 0 bridgehead atoms. The van der Waals surface area contributed by atoms with E-state index >= 15 is 8.78 Å². The number of imide groups is 1. The van der Waals surface area contributed by atoms with Gasteiger partial charge in [0.15, 0.2) is 34.3 Å². The van der Waals surface area contributed by atoms with Crippen LogP contribution in [0.5, 0.6) is 5.75 Å². The number of benzene rings is 3. The number of cyclic esters (lactones) is 1. The molecule has 1 saturated heterocycles. The molecule has 11 nitrogen and oxygen atoms in total. The zero-order chi connectivity index (χ0) is 31.4. The van der Waals surface area contributed by atoms with E-state index in [4.69, 9.17) is 13.9 Å². The van der Waals surface area contributed by atoms with Crippen molar-refractivity contribution in [3.8, 4) is 5.75 Å². The number of amides is 4. The van der Waals surface area contributed by atoms with Crippen LogP contribution in [-0.2, 0) is 28.0 Å². The number of nitrogens with zero attached hydrogens (tertiary/aromatic N) is 2. The number of carbonyl (C=O) groups is 5. The Kier molecular flexibility index (Phi) is 5.52. The molecule has 1 fully saturated rings. The normalized spacial score (nSPS) is 21.8. The Morgan fingerprint density at radius 1 is 0.978 bits per heavy atom. The molecule has 1 aromatic heterocycles. The van der Waals surface area contributed by atoms with Crippen LogP contribution in [0.4, 0.5) is 13.6 Å². The minimum Gasteiger partial charge on any atom is -0.494 e. The van der Waals surface area contributed by atoms with Crippen LogP contribution in [0, 0.1) is 11.6 Å². The van der Waals surface area contributed by atoms with Gasteiger partial charge in [0.1, 0.15) is 5.76 Å². The van der Waals surface area contributed by atoms with Gasteiger partial charge >= 0.3 is 12.0 Å². The van der Waals surface area contributed by atoms with E-state index in [0.717, 1.165) is 4.90 Å². The number of methoxy groups -OCH3 is 1. The molecule has 1 aliphatic carbocycles. The average Bonchev–Trinajstić information content (AvgIpc) is 3.81. The van der Waals surface area contributed by atoms with Crippen LogP contribution in [0.15, 0.2) is 52.9 Å². The maximum Gasteiger partial charge on any atom is 0.340 e. The number of ether oxygens (including phenoxy) is 2. The molecule has 0 radical (unpaired) electrons. The molecule has 3 aliphatic heterocycles. The smallest absolute Gasteiger partial charge is 0.340 e. The molecule has 1 N–H and O–H groups in total. The highest BCUT2D eigenvalue weighted by Gasteiger charge is 2.60. The van der Waals surface area contributed by atoms with Crippen LogP contribution in [0.3, 0.4) is 0 Å². The van der Waals surface area contributed by atoms with Gasteiger partial charge in [-0.2, -0.15) is 0 Å². The molecule has 45 heavy (non-hydrogen) atoms. The number of aryl methyl sites for hydroxylation is 1. The number of hydrogen-bond acceptors (Lipinski definition) is 8. The molecule has 4 aromatic rings. The van der Waals surface area contributed by atoms with Gasteiger partial charge in [-0.1, -0.05) is 24.3 Å². The van der Waals surface area contributed by atoms with Crippen LogP contribution in [0.25, 0.3) is 11.0 Å². The predicted molar refractivity (Wildman–Crippen MR) is 148 cm³/mol. The average molecular weight is 614 g/mol. The van der Waals surface area contributed by atoms with Gasteiger partial charge in [0.25, 0.3) is 11.8 Å². The fraction of sp³-hybridized carbons (Fsp3) is 0.219. The molecule has 0 saturated carbocycles. The number of Topliss-reactive ketones (excluding diaryl/α,β-unsaturated/α-hetero) is 1. The van der Waals surface area contributed by atoms with E-state index < -0.39 is 53.8 Å². The summed E-state index contributed by atoms with van der Waals surface area (Å²) in [6, 6.07) is 11.1. The zero-order valence-corrected chi connectivity index (χ0v) is 23.4. The monoisotopic (exact) mass is 613 g/mol. The second-order valence-corrected chi connectivity index (χ2v) is 11.3. The summed E-state index contributed by atoms with van der Waals surface area (Å²) in [4.78, 5) is 68.6. The van der Waals surface area contributed by atoms with Crippen molar-refractivity contribution in [3.05, 3.63) is 99.3 Å². The molecule has 4 heterocycles. The second-order valence-electron chi connectivity index (χ2n) is 11.3. The molecule has 4 amide bonds. The molecule has 0 spiro atoms. The van der Waals surface area contributed by atoms with Crippen LogP contribution < -0.4 is 10.1 Å². The minimum atomic E-state index is -2.15. The molecular formula is C32H21F2N3O8. The maximum absolute atomic E-state index is 15.6. The quantitative estimate of drug-likeness (QED) is 0.262. The first-order chi connectivity index (χ1) is 21.6. The third kappa shape index (κ3) is 3.57. The second kappa shape index (κ2) is 9.21. The van der Waals surface area contributed by atoms with Gasteiger partial charge in [0.2, 0.25) is 6.23 Å². The highest BCUT2D eigenvalue weighted by molar-refractivity contribution is 6.10. The number of halogens is 2. The van der Waals surface area contributed by atoms with Crippen molar-refractivity contribution >= 4 is 40.6 Å². The fourth-order valence-corrected chi connectivity index (χ4v) is 6.73. The first-order valence-corrected chi connectivity index (χ1v) is 14.0. The molecule has 2 atom stereocenters. The lowest BCUT2D eigenvalue weighted by Crippen LogP contribution is -2.52. The van der Waals surface area contributed by atoms with Crippen molar-refractivity contribution in [2.45, 2.75) is 31.2 Å². The molecule has 13 heteroatoms. The molecule has 3 aromatic carbocycles. The number of nitrogens with one attached hydrogen (secondary N) is 1. The van der Waals surface area contributed by atoms with Gasteiger partial charge in [-0.25, -0.2) is 23.3 Å². The van der Waals surface area contributed by atoms with E-state index in [0.29, 0.717) is 22.4 Å². The third-order valence-electron chi connectivity index (χ3n) is 8.88. The summed E-state index contributed by atoms with van der Waals surface area (Å²) in [6.07, 6.45) is -0.948. The van der Waals surface area contributed by atoms with Gasteiger partial charge < -0.3 is 24.1 Å². The van der Waals surface area contributed by atoms with Crippen LogP contribution in [-0.4, -0.2) is 53.1 Å². The van der Waals surface area contributed by atoms with Crippen molar-refractivity contribution in [3.63, 3.8) is 0 Å². The predicted octanol–water partition coefficient (Wildman–Crippen LogP) is 4.12. The maximum atomic E-state index is 15.6. The Morgan fingerprint density at radius 3 is 2.58 bits per heavy atom. The Bertz CT molecular complexity index is 2070. The largest absolute Gasteiger partial charge is 0.494 e. The number of urea groups is 1. The van der Waals surface area contributed by atoms with Gasteiger partial charge in [-0.05, 0) is 41.8 Å². The molecule has 8 rings (SSSR count). The lowest BCUT2D eigenvalue weighted by Gasteiger charge is -2.30. The van der Waals surface area contributed by atoms with Crippen molar-refractivity contribution < 1.29 is 46.6 Å². The van der Waals surface area contributed by atoms with Crippen molar-refractivity contribution in [2.75, 3.05) is 13.7 Å². The first kappa shape index (κ1) is 27.0. The zero-order valence-electron chi connectivity index (χ0n) is 23.4. The van der Waals surface area contributed by atoms with Crippen LogP contribution >= 0.6 is 0 Å². The molecular weight excluding hydrogens is 592 g/mol. The number of hydrogen-bond donors (Lipinski definition) is 1.